The molecule has 0 radical (unpaired) electrons. The van der Waals surface area contributed by atoms with Crippen LogP contribution in [0.25, 0.3) is 0 Å². The standard InChI is InChI=1S/C17H25Cl/c1-10-7-6-8-15(10)17(18)16-13(4)11(2)9-12(3)14(16)5/h9-10,15,17H,6-8H2,1-5H3. The molecule has 1 heteroatoms. The largest absolute Gasteiger partial charge is 0.117 e. The lowest BCUT2D eigenvalue weighted by Crippen LogP contribution is -2.14. The summed E-state index contributed by atoms with van der Waals surface area (Å²) in [5.41, 5.74) is 6.97. The first-order chi connectivity index (χ1) is 8.43. The molecule has 3 atom stereocenters. The zero-order valence-corrected chi connectivity index (χ0v) is 13.1. The maximum absolute atomic E-state index is 6.86. The predicted octanol–water partition coefficient (Wildman–Crippen LogP) is 5.64. The lowest BCUT2D eigenvalue weighted by atomic mass is 9.84. The van der Waals surface area contributed by atoms with Gasteiger partial charge in [0.15, 0.2) is 0 Å². The number of aryl methyl sites for hydroxylation is 2. The van der Waals surface area contributed by atoms with Gasteiger partial charge in [0.2, 0.25) is 0 Å². The maximum Gasteiger partial charge on any atom is 0.0621 e. The van der Waals surface area contributed by atoms with Gasteiger partial charge in [-0.25, -0.2) is 0 Å². The van der Waals surface area contributed by atoms with Gasteiger partial charge in [-0.3, -0.25) is 0 Å². The Bertz CT molecular complexity index is 421. The van der Waals surface area contributed by atoms with Gasteiger partial charge in [0.1, 0.15) is 0 Å². The fraction of sp³-hybridized carbons (Fsp3) is 0.647. The Kier molecular flexibility index (Phi) is 4.06. The van der Waals surface area contributed by atoms with Crippen LogP contribution in [0.2, 0.25) is 0 Å². The van der Waals surface area contributed by atoms with Gasteiger partial charge in [0, 0.05) is 0 Å². The molecule has 1 aliphatic rings. The molecule has 0 heterocycles. The van der Waals surface area contributed by atoms with E-state index in [1.165, 1.54) is 47.1 Å². The van der Waals surface area contributed by atoms with Crippen LogP contribution in [0.3, 0.4) is 0 Å². The van der Waals surface area contributed by atoms with Crippen molar-refractivity contribution in [1.29, 1.82) is 0 Å². The summed E-state index contributed by atoms with van der Waals surface area (Å²) in [4.78, 5) is 0. The highest BCUT2D eigenvalue weighted by molar-refractivity contribution is 6.21. The molecule has 2 rings (SSSR count). The van der Waals surface area contributed by atoms with Crippen molar-refractivity contribution in [3.8, 4) is 0 Å². The van der Waals surface area contributed by atoms with Crippen molar-refractivity contribution >= 4 is 11.6 Å². The van der Waals surface area contributed by atoms with E-state index in [0.717, 1.165) is 5.92 Å². The zero-order chi connectivity index (χ0) is 13.4. The molecule has 1 aromatic carbocycles. The summed E-state index contributed by atoms with van der Waals surface area (Å²) in [6.45, 7) is 11.2. The average molecular weight is 265 g/mol. The van der Waals surface area contributed by atoms with Gasteiger partial charge in [0.25, 0.3) is 0 Å². The smallest absolute Gasteiger partial charge is 0.0621 e. The van der Waals surface area contributed by atoms with Gasteiger partial charge in [-0.15, -0.1) is 11.6 Å². The molecule has 1 aliphatic carbocycles. The fourth-order valence-corrected chi connectivity index (χ4v) is 4.19. The first-order valence-corrected chi connectivity index (χ1v) is 7.58. The van der Waals surface area contributed by atoms with E-state index in [-0.39, 0.29) is 5.38 Å². The minimum atomic E-state index is 0.195. The summed E-state index contributed by atoms with van der Waals surface area (Å²) in [6, 6.07) is 2.29. The molecule has 0 nitrogen and oxygen atoms in total. The van der Waals surface area contributed by atoms with Crippen LogP contribution >= 0.6 is 11.6 Å². The molecule has 0 amide bonds. The molecular formula is C17H25Cl. The first kappa shape index (κ1) is 13.9. The number of alkyl halides is 1. The minimum absolute atomic E-state index is 0.195. The van der Waals surface area contributed by atoms with Crippen molar-refractivity contribution in [2.45, 2.75) is 59.3 Å². The van der Waals surface area contributed by atoms with Crippen LogP contribution in [0.15, 0.2) is 6.07 Å². The van der Waals surface area contributed by atoms with Crippen molar-refractivity contribution in [2.24, 2.45) is 11.8 Å². The van der Waals surface area contributed by atoms with E-state index in [1.807, 2.05) is 0 Å². The molecule has 1 saturated carbocycles. The molecule has 0 N–H and O–H groups in total. The lowest BCUT2D eigenvalue weighted by molar-refractivity contribution is 0.404. The monoisotopic (exact) mass is 264 g/mol. The van der Waals surface area contributed by atoms with Crippen LogP contribution in [0, 0.1) is 39.5 Å². The van der Waals surface area contributed by atoms with Crippen LogP contribution in [-0.4, -0.2) is 0 Å². The molecule has 0 spiro atoms. The molecule has 18 heavy (non-hydrogen) atoms. The third kappa shape index (κ3) is 2.32. The van der Waals surface area contributed by atoms with Crippen molar-refractivity contribution in [3.63, 3.8) is 0 Å². The van der Waals surface area contributed by atoms with E-state index >= 15 is 0 Å². The van der Waals surface area contributed by atoms with Crippen molar-refractivity contribution in [1.82, 2.24) is 0 Å². The SMILES string of the molecule is Cc1cc(C)c(C)c(C(Cl)C2CCCC2C)c1C. The van der Waals surface area contributed by atoms with E-state index in [9.17, 15) is 0 Å². The molecule has 1 fully saturated rings. The van der Waals surface area contributed by atoms with E-state index in [4.69, 9.17) is 11.6 Å². The predicted molar refractivity (Wildman–Crippen MR) is 80.5 cm³/mol. The number of hydrogen-bond donors (Lipinski definition) is 0. The van der Waals surface area contributed by atoms with E-state index < -0.39 is 0 Å². The molecular weight excluding hydrogens is 240 g/mol. The first-order valence-electron chi connectivity index (χ1n) is 7.14. The molecule has 0 bridgehead atoms. The van der Waals surface area contributed by atoms with E-state index in [0.29, 0.717) is 5.92 Å². The van der Waals surface area contributed by atoms with Crippen LogP contribution < -0.4 is 0 Å². The third-order valence-corrected chi connectivity index (χ3v) is 5.55. The summed E-state index contributed by atoms with van der Waals surface area (Å²) in [5, 5.41) is 0.195. The van der Waals surface area contributed by atoms with Crippen LogP contribution in [0.5, 0.6) is 0 Å². The Labute approximate surface area is 117 Å². The topological polar surface area (TPSA) is 0 Å². The number of halogens is 1. The second kappa shape index (κ2) is 5.25. The summed E-state index contributed by atoms with van der Waals surface area (Å²) in [5.74, 6) is 1.43. The van der Waals surface area contributed by atoms with Gasteiger partial charge in [0.05, 0.1) is 5.38 Å². The molecule has 0 aromatic heterocycles. The van der Waals surface area contributed by atoms with E-state index in [2.05, 4.69) is 40.7 Å². The second-order valence-electron chi connectivity index (χ2n) is 6.15. The van der Waals surface area contributed by atoms with Gasteiger partial charge < -0.3 is 0 Å². The third-order valence-electron chi connectivity index (χ3n) is 5.00. The highest BCUT2D eigenvalue weighted by Gasteiger charge is 2.32. The summed E-state index contributed by atoms with van der Waals surface area (Å²) in [7, 11) is 0. The second-order valence-corrected chi connectivity index (χ2v) is 6.62. The van der Waals surface area contributed by atoms with Crippen molar-refractivity contribution in [3.05, 3.63) is 33.9 Å². The maximum atomic E-state index is 6.86. The van der Waals surface area contributed by atoms with Gasteiger partial charge >= 0.3 is 0 Å². The zero-order valence-electron chi connectivity index (χ0n) is 12.3. The number of hydrogen-bond acceptors (Lipinski definition) is 0. The van der Waals surface area contributed by atoms with Crippen LogP contribution in [0.1, 0.15) is 59.4 Å². The van der Waals surface area contributed by atoms with Gasteiger partial charge in [-0.1, -0.05) is 25.8 Å². The quantitative estimate of drug-likeness (QED) is 0.607. The molecule has 1 aromatic rings. The summed E-state index contributed by atoms with van der Waals surface area (Å²) >= 11 is 6.86. The average Bonchev–Trinajstić information content (AvgIpc) is 2.73. The van der Waals surface area contributed by atoms with Gasteiger partial charge in [-0.05, 0) is 73.8 Å². The van der Waals surface area contributed by atoms with Crippen molar-refractivity contribution < 1.29 is 0 Å². The minimum Gasteiger partial charge on any atom is -0.117 e. The molecule has 3 unspecified atom stereocenters. The van der Waals surface area contributed by atoms with Crippen molar-refractivity contribution in [2.75, 3.05) is 0 Å². The highest BCUT2D eigenvalue weighted by Crippen LogP contribution is 2.46. The van der Waals surface area contributed by atoms with Crippen LogP contribution in [-0.2, 0) is 0 Å². The lowest BCUT2D eigenvalue weighted by Gasteiger charge is -2.26. The fourth-order valence-electron chi connectivity index (χ4n) is 3.48. The van der Waals surface area contributed by atoms with E-state index in [1.54, 1.807) is 0 Å². The highest BCUT2D eigenvalue weighted by atomic mass is 35.5. The summed E-state index contributed by atoms with van der Waals surface area (Å²) < 4.78 is 0. The normalized spacial score (nSPS) is 25.4. The molecule has 100 valence electrons. The molecule has 0 saturated heterocycles. The Balaban J connectivity index is 2.44. The Morgan fingerprint density at radius 1 is 1.06 bits per heavy atom. The Morgan fingerprint density at radius 3 is 2.06 bits per heavy atom. The summed E-state index contributed by atoms with van der Waals surface area (Å²) in [6.07, 6.45) is 3.98. The van der Waals surface area contributed by atoms with Crippen LogP contribution in [0.4, 0.5) is 0 Å². The van der Waals surface area contributed by atoms with Gasteiger partial charge in [-0.2, -0.15) is 0 Å². The Morgan fingerprint density at radius 2 is 1.61 bits per heavy atom. The molecule has 0 aliphatic heterocycles. The number of rotatable bonds is 2. The Hall–Kier alpha value is -0.490. The number of benzene rings is 1.